The Balaban J connectivity index is 0.737. The second-order valence-electron chi connectivity index (χ2n) is 16.3. The highest BCUT2D eigenvalue weighted by Crippen LogP contribution is 2.42. The molecule has 5 amide bonds. The van der Waals surface area contributed by atoms with Crippen molar-refractivity contribution in [2.75, 3.05) is 90.8 Å². The zero-order valence-corrected chi connectivity index (χ0v) is 35.8. The van der Waals surface area contributed by atoms with Crippen LogP contribution < -0.4 is 30.7 Å². The zero-order valence-electron chi connectivity index (χ0n) is 34.2. The summed E-state index contributed by atoms with van der Waals surface area (Å²) in [5.41, 5.74) is 3.72. The van der Waals surface area contributed by atoms with Gasteiger partial charge in [-0.15, -0.1) is 0 Å². The van der Waals surface area contributed by atoms with Crippen LogP contribution in [0.3, 0.4) is 0 Å². The number of carbonyl (C=O) groups excluding carboxylic acids is 4. The van der Waals surface area contributed by atoms with E-state index in [1.165, 1.54) is 11.3 Å². The largest absolute Gasteiger partial charge is 0.371 e. The number of urea groups is 1. The second-order valence-corrected chi connectivity index (χ2v) is 17.7. The van der Waals surface area contributed by atoms with E-state index in [0.717, 1.165) is 114 Å². The normalized spacial score (nSPS) is 18.4. The number of thiazole rings is 1. The van der Waals surface area contributed by atoms with E-state index in [0.29, 0.717) is 57.2 Å². The van der Waals surface area contributed by atoms with Crippen molar-refractivity contribution in [2.45, 2.75) is 58.8 Å². The van der Waals surface area contributed by atoms with Crippen LogP contribution in [0.1, 0.15) is 66.0 Å². The average molecular weight is 854 g/mol. The molecule has 4 fully saturated rings. The van der Waals surface area contributed by atoms with Crippen LogP contribution in [0.5, 0.6) is 0 Å². The number of benzene rings is 2. The summed E-state index contributed by atoms with van der Waals surface area (Å²) in [7, 11) is 0. The van der Waals surface area contributed by atoms with E-state index >= 15 is 0 Å². The molecule has 0 atom stereocenters. The van der Waals surface area contributed by atoms with Crippen molar-refractivity contribution in [3.63, 3.8) is 0 Å². The lowest BCUT2D eigenvalue weighted by molar-refractivity contribution is -0.134. The first-order valence-corrected chi connectivity index (χ1v) is 22.1. The first-order chi connectivity index (χ1) is 29.0. The number of imide groups is 1. The molecule has 0 radical (unpaired) electrons. The third-order valence-electron chi connectivity index (χ3n) is 12.4. The summed E-state index contributed by atoms with van der Waals surface area (Å²) < 4.78 is 0. The molecule has 4 aliphatic rings. The Hall–Kier alpha value is -5.32. The molecule has 0 bridgehead atoms. The molecule has 0 aliphatic carbocycles. The van der Waals surface area contributed by atoms with E-state index in [-0.39, 0.29) is 23.8 Å². The number of aromatic nitrogens is 3. The van der Waals surface area contributed by atoms with Crippen LogP contribution in [-0.2, 0) is 9.59 Å². The lowest BCUT2D eigenvalue weighted by Crippen LogP contribution is -2.49. The van der Waals surface area contributed by atoms with Crippen LogP contribution in [0, 0.1) is 19.3 Å². The molecule has 15 nitrogen and oxygen atoms in total. The molecule has 0 saturated carbocycles. The Kier molecular flexibility index (Phi) is 12.5. The van der Waals surface area contributed by atoms with Gasteiger partial charge in [0.1, 0.15) is 22.3 Å². The van der Waals surface area contributed by atoms with Gasteiger partial charge in [-0.2, -0.15) is 0 Å². The van der Waals surface area contributed by atoms with Gasteiger partial charge < -0.3 is 25.3 Å². The fraction of sp³-hybridized carbons (Fsp3) is 0.465. The SMILES string of the molecule is Cc1nc(Nc2ncc(C(=O)Nc3c(C)cccc3Cl)s2)cc(N2CCN(CCCC(=O)N3CCC4(CC3)CCN(c3ccc(N5CCC(=O)NC5=O)cc3)CC4)CC2)n1. The van der Waals surface area contributed by atoms with Crippen molar-refractivity contribution in [2.24, 2.45) is 5.41 Å². The quantitative estimate of drug-likeness (QED) is 0.152. The van der Waals surface area contributed by atoms with Crippen LogP contribution >= 0.6 is 22.9 Å². The highest BCUT2D eigenvalue weighted by molar-refractivity contribution is 7.17. The fourth-order valence-electron chi connectivity index (χ4n) is 8.73. The summed E-state index contributed by atoms with van der Waals surface area (Å²) in [6.07, 6.45) is 7.62. The van der Waals surface area contributed by atoms with Crippen LogP contribution in [0.2, 0.25) is 5.02 Å². The molecule has 1 spiro atoms. The highest BCUT2D eigenvalue weighted by Gasteiger charge is 2.38. The number of rotatable bonds is 11. The van der Waals surface area contributed by atoms with Gasteiger partial charge in [0, 0.05) is 89.2 Å². The number of para-hydroxylation sites is 1. The van der Waals surface area contributed by atoms with E-state index in [9.17, 15) is 19.2 Å². The number of anilines is 6. The first-order valence-electron chi connectivity index (χ1n) is 20.9. The smallest absolute Gasteiger partial charge is 0.328 e. The number of piperazine rings is 1. The van der Waals surface area contributed by atoms with Gasteiger partial charge in [0.15, 0.2) is 5.13 Å². The Bertz CT molecular complexity index is 2190. The van der Waals surface area contributed by atoms with E-state index < -0.39 is 0 Å². The van der Waals surface area contributed by atoms with Gasteiger partial charge in [0.2, 0.25) is 11.8 Å². The van der Waals surface area contributed by atoms with Crippen molar-refractivity contribution in [1.29, 1.82) is 0 Å². The van der Waals surface area contributed by atoms with Crippen LogP contribution in [0.4, 0.5) is 38.6 Å². The first kappa shape index (κ1) is 41.4. The van der Waals surface area contributed by atoms with E-state index in [2.05, 4.69) is 57.7 Å². The Morgan fingerprint density at radius 2 is 1.58 bits per heavy atom. The predicted molar refractivity (Wildman–Crippen MR) is 236 cm³/mol. The molecule has 2 aromatic carbocycles. The van der Waals surface area contributed by atoms with Gasteiger partial charge in [-0.3, -0.25) is 29.5 Å². The van der Waals surface area contributed by atoms with Crippen molar-refractivity contribution in [3.05, 3.63) is 76.0 Å². The minimum Gasteiger partial charge on any atom is -0.371 e. The van der Waals surface area contributed by atoms with Crippen molar-refractivity contribution < 1.29 is 19.2 Å². The second kappa shape index (κ2) is 18.1. The summed E-state index contributed by atoms with van der Waals surface area (Å²) in [6.45, 7) is 12.1. The third-order valence-corrected chi connectivity index (χ3v) is 13.6. The Labute approximate surface area is 359 Å². The summed E-state index contributed by atoms with van der Waals surface area (Å²) >= 11 is 7.54. The minimum absolute atomic E-state index is 0.228. The summed E-state index contributed by atoms with van der Waals surface area (Å²) in [4.78, 5) is 75.0. The number of carbonyl (C=O) groups is 4. The van der Waals surface area contributed by atoms with Crippen molar-refractivity contribution in [1.82, 2.24) is 30.1 Å². The molecule has 17 heteroatoms. The topological polar surface area (TPSA) is 159 Å². The highest BCUT2D eigenvalue weighted by atomic mass is 35.5. The van der Waals surface area contributed by atoms with Gasteiger partial charge in [-0.25, -0.2) is 19.7 Å². The minimum atomic E-state index is -0.363. The molecule has 3 N–H and O–H groups in total. The molecule has 4 aromatic rings. The van der Waals surface area contributed by atoms with Gasteiger partial charge >= 0.3 is 6.03 Å². The molecule has 2 aromatic heterocycles. The van der Waals surface area contributed by atoms with Gasteiger partial charge in [0.05, 0.1) is 16.9 Å². The number of aryl methyl sites for hydroxylation is 2. The number of hydrogen-bond acceptors (Lipinski definition) is 12. The van der Waals surface area contributed by atoms with Crippen molar-refractivity contribution >= 4 is 80.5 Å². The molecular formula is C43H52ClN11O4S. The van der Waals surface area contributed by atoms with Crippen molar-refractivity contribution in [3.8, 4) is 0 Å². The number of nitrogens with one attached hydrogen (secondary N) is 3. The monoisotopic (exact) mass is 853 g/mol. The summed E-state index contributed by atoms with van der Waals surface area (Å²) in [5.74, 6) is 1.87. The number of likely N-dealkylation sites (tertiary alicyclic amines) is 1. The molecule has 60 heavy (non-hydrogen) atoms. The molecular weight excluding hydrogens is 802 g/mol. The van der Waals surface area contributed by atoms with Crippen LogP contribution in [-0.4, -0.2) is 114 Å². The van der Waals surface area contributed by atoms with E-state index in [1.54, 1.807) is 17.2 Å². The Morgan fingerprint density at radius 1 is 0.867 bits per heavy atom. The number of nitrogens with zero attached hydrogens (tertiary/aromatic N) is 8. The van der Waals surface area contributed by atoms with E-state index in [4.69, 9.17) is 16.6 Å². The molecule has 0 unspecified atom stereocenters. The third kappa shape index (κ3) is 9.66. The van der Waals surface area contributed by atoms with Gasteiger partial charge in [0.25, 0.3) is 5.91 Å². The standard InChI is InChI=1S/C43H52ClN11O4S/c1-29-5-3-6-33(44)39(29)50-40(58)34-28-45-41(60-34)48-35-27-36(47-30(2)46-35)53-25-23-51(24-26-53)17-4-7-38(57)54-21-15-43(16-22-54)13-19-52(20-14-43)31-8-10-32(11-9-31)55-18-12-37(56)49-42(55)59/h3,5-6,8-11,27-28H,4,7,12-26H2,1-2H3,(H,50,58)(H,49,56,59)(H,45,46,47,48). The molecule has 4 aliphatic heterocycles. The number of hydrogen-bond donors (Lipinski definition) is 3. The molecule has 6 heterocycles. The van der Waals surface area contributed by atoms with Gasteiger partial charge in [-0.05, 0) is 93.8 Å². The molecule has 8 rings (SSSR count). The predicted octanol–water partition coefficient (Wildman–Crippen LogP) is 6.46. The fourth-order valence-corrected chi connectivity index (χ4v) is 9.71. The molecule has 4 saturated heterocycles. The molecule has 316 valence electrons. The lowest BCUT2D eigenvalue weighted by Gasteiger charge is -2.47. The average Bonchev–Trinajstić information content (AvgIpc) is 3.71. The maximum atomic E-state index is 13.3. The number of amides is 5. The number of piperidine rings is 2. The lowest BCUT2D eigenvalue weighted by atomic mass is 9.71. The van der Waals surface area contributed by atoms with Gasteiger partial charge in [-0.1, -0.05) is 35.1 Å². The zero-order chi connectivity index (χ0) is 41.8. The summed E-state index contributed by atoms with van der Waals surface area (Å²) in [6, 6.07) is 15.1. The number of halogens is 1. The van der Waals surface area contributed by atoms with Crippen LogP contribution in [0.25, 0.3) is 0 Å². The van der Waals surface area contributed by atoms with E-state index in [1.807, 2.05) is 44.2 Å². The Morgan fingerprint density at radius 3 is 2.30 bits per heavy atom. The summed E-state index contributed by atoms with van der Waals surface area (Å²) in [5, 5.41) is 9.58. The maximum Gasteiger partial charge on any atom is 0.328 e. The maximum absolute atomic E-state index is 13.3. The van der Waals surface area contributed by atoms with Crippen LogP contribution in [0.15, 0.2) is 54.7 Å².